The first kappa shape index (κ1) is 34.0. The van der Waals surface area contributed by atoms with E-state index in [-0.39, 0.29) is 0 Å². The Balaban J connectivity index is 1.12. The van der Waals surface area contributed by atoms with Crippen molar-refractivity contribution in [2.24, 2.45) is 0 Å². The molecule has 6 heteroatoms. The molecule has 0 aliphatic carbocycles. The lowest BCUT2D eigenvalue weighted by Gasteiger charge is -2.13. The minimum absolute atomic E-state index is 0.585. The van der Waals surface area contributed by atoms with Crippen LogP contribution < -0.4 is 0 Å². The van der Waals surface area contributed by atoms with Crippen LogP contribution in [0.4, 0.5) is 0 Å². The van der Waals surface area contributed by atoms with Crippen molar-refractivity contribution in [1.29, 1.82) is 0 Å². The number of nitrogens with zero attached hydrogens (tertiary/aromatic N) is 4. The van der Waals surface area contributed by atoms with Crippen molar-refractivity contribution in [1.82, 2.24) is 19.5 Å². The Hall–Kier alpha value is -7.93. The first-order valence-electron chi connectivity index (χ1n) is 20.4. The molecule has 4 heterocycles. The quantitative estimate of drug-likeness (QED) is 0.174. The van der Waals surface area contributed by atoms with Crippen molar-refractivity contribution in [2.75, 3.05) is 0 Å². The fourth-order valence-corrected chi connectivity index (χ4v) is 10.3. The molecule has 9 aromatic carbocycles. The maximum absolute atomic E-state index is 6.83. The number of furan rings is 1. The number of para-hydroxylation sites is 2. The third-order valence-electron chi connectivity index (χ3n) is 12.0. The highest BCUT2D eigenvalue weighted by Gasteiger charge is 2.23. The van der Waals surface area contributed by atoms with Crippen LogP contribution >= 0.6 is 11.3 Å². The fraction of sp³-hybridized carbons (Fsp3) is 0. The third-order valence-corrected chi connectivity index (χ3v) is 13.1. The standard InChI is InChI=1S/C55H32N4OS/c1-2-14-33(15-3-1)34-18-12-19-37(28-34)53-56-54(58-55(57-53)42-23-13-27-50-51(42)41-22-8-11-26-49(41)61-50)38-30-44-40-21-7-10-25-48(40)60-52(44)47(32-38)59-45-24-9-6-20-39(45)43-29-35-16-4-5-17-36(35)31-46(43)59/h1-32H. The van der Waals surface area contributed by atoms with Gasteiger partial charge in [-0.15, -0.1) is 11.3 Å². The van der Waals surface area contributed by atoms with Gasteiger partial charge in [-0.2, -0.15) is 0 Å². The summed E-state index contributed by atoms with van der Waals surface area (Å²) < 4.78 is 11.6. The number of benzene rings is 9. The summed E-state index contributed by atoms with van der Waals surface area (Å²) in [5, 5.41) is 9.12. The van der Waals surface area contributed by atoms with Gasteiger partial charge in [0, 0.05) is 58.4 Å². The van der Waals surface area contributed by atoms with Gasteiger partial charge in [0.25, 0.3) is 0 Å². The highest BCUT2D eigenvalue weighted by atomic mass is 32.1. The molecule has 0 fully saturated rings. The summed E-state index contributed by atoms with van der Waals surface area (Å²) in [6, 6.07) is 68.5. The molecule has 13 aromatic rings. The van der Waals surface area contributed by atoms with E-state index >= 15 is 0 Å². The van der Waals surface area contributed by atoms with Crippen LogP contribution in [0.5, 0.6) is 0 Å². The second kappa shape index (κ2) is 13.3. The molecule has 0 amide bonds. The Bertz CT molecular complexity index is 3900. The van der Waals surface area contributed by atoms with Crippen LogP contribution in [0.3, 0.4) is 0 Å². The zero-order valence-corrected chi connectivity index (χ0v) is 33.4. The van der Waals surface area contributed by atoms with Crippen LogP contribution in [0.2, 0.25) is 0 Å². The molecule has 0 spiro atoms. The van der Waals surface area contributed by atoms with Crippen molar-refractivity contribution in [2.45, 2.75) is 0 Å². The molecule has 61 heavy (non-hydrogen) atoms. The third kappa shape index (κ3) is 5.36. The Morgan fingerprint density at radius 3 is 1.93 bits per heavy atom. The van der Waals surface area contributed by atoms with E-state index in [0.29, 0.717) is 17.5 Å². The molecule has 0 bridgehead atoms. The monoisotopic (exact) mass is 796 g/mol. The summed E-state index contributed by atoms with van der Waals surface area (Å²) in [6.45, 7) is 0. The number of rotatable bonds is 5. The number of aromatic nitrogens is 4. The maximum atomic E-state index is 6.83. The molecule has 0 N–H and O–H groups in total. The molecule has 284 valence electrons. The van der Waals surface area contributed by atoms with E-state index in [1.807, 2.05) is 18.2 Å². The van der Waals surface area contributed by atoms with Crippen molar-refractivity contribution in [3.63, 3.8) is 0 Å². The lowest BCUT2D eigenvalue weighted by atomic mass is 10.0. The summed E-state index contributed by atoms with van der Waals surface area (Å²) in [4.78, 5) is 16.1. The van der Waals surface area contributed by atoms with Gasteiger partial charge in [0.1, 0.15) is 5.58 Å². The molecule has 13 rings (SSSR count). The minimum atomic E-state index is 0.585. The predicted molar refractivity (Wildman–Crippen MR) is 254 cm³/mol. The van der Waals surface area contributed by atoms with Gasteiger partial charge in [-0.1, -0.05) is 140 Å². The molecule has 5 nitrogen and oxygen atoms in total. The van der Waals surface area contributed by atoms with E-state index in [4.69, 9.17) is 19.4 Å². The SMILES string of the molecule is c1ccc(-c2cccc(-c3nc(-c4cc(-n5c6ccccc6c6cc7ccccc7cc65)c5oc6ccccc6c5c4)nc(-c4cccc5sc6ccccc6c45)n3)c2)cc1. The van der Waals surface area contributed by atoms with Gasteiger partial charge < -0.3 is 8.98 Å². The molecule has 0 unspecified atom stereocenters. The number of hydrogen-bond acceptors (Lipinski definition) is 5. The molecule has 0 saturated carbocycles. The summed E-state index contributed by atoms with van der Waals surface area (Å²) in [6.07, 6.45) is 0. The Kier molecular flexibility index (Phi) is 7.41. The van der Waals surface area contributed by atoms with Crippen molar-refractivity contribution in [3.8, 4) is 51.0 Å². The highest BCUT2D eigenvalue weighted by Crippen LogP contribution is 2.43. The lowest BCUT2D eigenvalue weighted by Crippen LogP contribution is -2.02. The first-order valence-corrected chi connectivity index (χ1v) is 21.2. The van der Waals surface area contributed by atoms with E-state index in [9.17, 15) is 0 Å². The molecule has 0 saturated heterocycles. The topological polar surface area (TPSA) is 56.7 Å². The normalized spacial score (nSPS) is 11.9. The van der Waals surface area contributed by atoms with Crippen LogP contribution in [0.15, 0.2) is 199 Å². The van der Waals surface area contributed by atoms with E-state index in [0.717, 1.165) is 71.9 Å². The fourth-order valence-electron chi connectivity index (χ4n) is 9.20. The second-order valence-corrected chi connectivity index (χ2v) is 16.7. The first-order chi connectivity index (χ1) is 30.2. The van der Waals surface area contributed by atoms with Crippen LogP contribution in [-0.2, 0) is 0 Å². The maximum Gasteiger partial charge on any atom is 0.164 e. The van der Waals surface area contributed by atoms with Crippen molar-refractivity contribution < 1.29 is 4.42 Å². The minimum Gasteiger partial charge on any atom is -0.454 e. The van der Waals surface area contributed by atoms with Gasteiger partial charge >= 0.3 is 0 Å². The summed E-state index contributed by atoms with van der Waals surface area (Å²) in [5.41, 5.74) is 9.74. The van der Waals surface area contributed by atoms with Gasteiger partial charge in [0.15, 0.2) is 23.1 Å². The number of fused-ring (bicyclic) bond motifs is 10. The lowest BCUT2D eigenvalue weighted by molar-refractivity contribution is 0.666. The van der Waals surface area contributed by atoms with Gasteiger partial charge in [-0.05, 0) is 76.5 Å². The van der Waals surface area contributed by atoms with Crippen molar-refractivity contribution >= 4 is 86.0 Å². The van der Waals surface area contributed by atoms with Crippen LogP contribution in [0.1, 0.15) is 0 Å². The number of thiophene rings is 1. The Morgan fingerprint density at radius 2 is 1.05 bits per heavy atom. The zero-order chi connectivity index (χ0) is 40.0. The zero-order valence-electron chi connectivity index (χ0n) is 32.6. The van der Waals surface area contributed by atoms with Crippen molar-refractivity contribution in [3.05, 3.63) is 194 Å². The molecule has 0 radical (unpaired) electrons. The van der Waals surface area contributed by atoms with Gasteiger partial charge in [0.05, 0.1) is 16.7 Å². The molecular formula is C55H32N4OS. The van der Waals surface area contributed by atoms with E-state index in [2.05, 4.69) is 180 Å². The van der Waals surface area contributed by atoms with Crippen LogP contribution in [0, 0.1) is 0 Å². The van der Waals surface area contributed by atoms with E-state index in [1.165, 1.54) is 36.3 Å². The van der Waals surface area contributed by atoms with Gasteiger partial charge in [-0.3, -0.25) is 0 Å². The average molecular weight is 797 g/mol. The van der Waals surface area contributed by atoms with Gasteiger partial charge in [0.2, 0.25) is 0 Å². The summed E-state index contributed by atoms with van der Waals surface area (Å²) >= 11 is 1.79. The summed E-state index contributed by atoms with van der Waals surface area (Å²) in [5.74, 6) is 1.82. The average Bonchev–Trinajstić information content (AvgIpc) is 4.00. The van der Waals surface area contributed by atoms with Crippen LogP contribution in [0.25, 0.3) is 126 Å². The molecule has 4 aromatic heterocycles. The van der Waals surface area contributed by atoms with Crippen LogP contribution in [-0.4, -0.2) is 19.5 Å². The Morgan fingerprint density at radius 1 is 0.393 bits per heavy atom. The second-order valence-electron chi connectivity index (χ2n) is 15.6. The molecule has 0 aliphatic heterocycles. The predicted octanol–water partition coefficient (Wildman–Crippen LogP) is 15.1. The largest absolute Gasteiger partial charge is 0.454 e. The van der Waals surface area contributed by atoms with E-state index in [1.54, 1.807) is 11.3 Å². The smallest absolute Gasteiger partial charge is 0.164 e. The van der Waals surface area contributed by atoms with Gasteiger partial charge in [-0.25, -0.2) is 15.0 Å². The van der Waals surface area contributed by atoms with E-state index < -0.39 is 0 Å². The highest BCUT2D eigenvalue weighted by molar-refractivity contribution is 7.25. The summed E-state index contributed by atoms with van der Waals surface area (Å²) in [7, 11) is 0. The Labute approximate surface area is 353 Å². The molecular weight excluding hydrogens is 765 g/mol. The molecule has 0 aliphatic rings. The number of hydrogen-bond donors (Lipinski definition) is 0. The molecule has 0 atom stereocenters.